The van der Waals surface area contributed by atoms with Crippen LogP contribution in [0.2, 0.25) is 0 Å². The number of likely N-dealkylation sites (N-methyl/N-ethyl adjacent to an activating group) is 1. The Morgan fingerprint density at radius 3 is 2.50 bits per heavy atom. The first-order valence-electron chi connectivity index (χ1n) is 10.2. The zero-order valence-corrected chi connectivity index (χ0v) is 18.0. The lowest BCUT2D eigenvalue weighted by Gasteiger charge is -2.51. The van der Waals surface area contributed by atoms with Gasteiger partial charge in [-0.2, -0.15) is 0 Å². The summed E-state index contributed by atoms with van der Waals surface area (Å²) in [5.74, 6) is -3.72. The average molecular weight is 445 g/mol. The fourth-order valence-electron chi connectivity index (χ4n) is 5.57. The van der Waals surface area contributed by atoms with Crippen LogP contribution in [0.1, 0.15) is 28.8 Å². The number of hydrogen-bond donors (Lipinski definition) is 6. The summed E-state index contributed by atoms with van der Waals surface area (Å²) in [5.41, 5.74) is 9.36. The molecule has 0 saturated heterocycles. The zero-order valence-electron chi connectivity index (χ0n) is 18.0. The van der Waals surface area contributed by atoms with Crippen LogP contribution >= 0.6 is 0 Å². The standard InChI is InChI=1S/C22H27N3O7/c1-25(2)16-11-5-8-4-9-13(32-3)6-12(23)18(27)15(9)19(28)14(8)20(29)22(11,31)7-10(17(16)26)21(24)30/h6,8,11,16,26-27,29,31H,4-5,7,23H2,1-3H3,(H2,24,30)/t8-,11-,16-,22-/m0/s1. The maximum absolute atomic E-state index is 13.5. The van der Waals surface area contributed by atoms with Crippen molar-refractivity contribution in [3.05, 3.63) is 39.9 Å². The van der Waals surface area contributed by atoms with Gasteiger partial charge in [-0.1, -0.05) is 0 Å². The molecule has 3 aliphatic carbocycles. The number of benzene rings is 1. The largest absolute Gasteiger partial charge is 0.510 e. The summed E-state index contributed by atoms with van der Waals surface area (Å²) in [4.78, 5) is 27.1. The van der Waals surface area contributed by atoms with Gasteiger partial charge in [0.25, 0.3) is 0 Å². The first-order chi connectivity index (χ1) is 14.9. The molecule has 8 N–H and O–H groups in total. The van der Waals surface area contributed by atoms with E-state index in [-0.39, 0.29) is 41.0 Å². The van der Waals surface area contributed by atoms with Gasteiger partial charge in [-0.3, -0.25) is 14.5 Å². The van der Waals surface area contributed by atoms with E-state index in [1.807, 2.05) is 0 Å². The first kappa shape index (κ1) is 22.0. The Hall–Kier alpha value is -3.24. The number of aliphatic hydroxyl groups is 3. The van der Waals surface area contributed by atoms with Gasteiger partial charge in [0, 0.05) is 29.5 Å². The van der Waals surface area contributed by atoms with E-state index in [9.17, 15) is 30.0 Å². The number of ketones is 1. The molecule has 3 aliphatic rings. The van der Waals surface area contributed by atoms with E-state index in [1.54, 1.807) is 19.0 Å². The number of nitrogens with zero attached hydrogens (tertiary/aromatic N) is 1. The molecule has 4 atom stereocenters. The van der Waals surface area contributed by atoms with Crippen molar-refractivity contribution in [2.45, 2.75) is 30.9 Å². The highest BCUT2D eigenvalue weighted by molar-refractivity contribution is 6.14. The quantitative estimate of drug-likeness (QED) is 0.286. The van der Waals surface area contributed by atoms with E-state index in [4.69, 9.17) is 16.2 Å². The summed E-state index contributed by atoms with van der Waals surface area (Å²) in [5, 5.41) is 44.1. The second kappa shape index (κ2) is 7.14. The number of Topliss-reactive ketones (excluding diaryl/α,β-unsaturated/α-hetero) is 1. The van der Waals surface area contributed by atoms with Crippen LogP contribution in [0.3, 0.4) is 0 Å². The maximum Gasteiger partial charge on any atom is 0.248 e. The van der Waals surface area contributed by atoms with Gasteiger partial charge in [0.2, 0.25) is 5.91 Å². The molecular weight excluding hydrogens is 418 g/mol. The van der Waals surface area contributed by atoms with Crippen LogP contribution in [0.5, 0.6) is 11.5 Å². The molecule has 0 fully saturated rings. The number of allylic oxidation sites excluding steroid dienone is 1. The van der Waals surface area contributed by atoms with E-state index in [0.717, 1.165) is 0 Å². The molecule has 0 heterocycles. The number of phenols is 1. The Morgan fingerprint density at radius 2 is 1.94 bits per heavy atom. The number of hydrogen-bond acceptors (Lipinski definition) is 9. The van der Waals surface area contributed by atoms with Gasteiger partial charge in [0.15, 0.2) is 5.78 Å². The zero-order chi connectivity index (χ0) is 23.7. The van der Waals surface area contributed by atoms with Crippen molar-refractivity contribution in [1.29, 1.82) is 0 Å². The molecule has 0 aromatic heterocycles. The van der Waals surface area contributed by atoms with E-state index in [0.29, 0.717) is 11.3 Å². The van der Waals surface area contributed by atoms with Crippen LogP contribution in [0, 0.1) is 11.8 Å². The normalized spacial score (nSPS) is 29.5. The minimum atomic E-state index is -2.00. The molecule has 10 nitrogen and oxygen atoms in total. The van der Waals surface area contributed by atoms with Crippen LogP contribution in [-0.2, 0) is 11.2 Å². The van der Waals surface area contributed by atoms with E-state index in [1.165, 1.54) is 13.2 Å². The highest BCUT2D eigenvalue weighted by Gasteiger charge is 2.58. The second-order valence-corrected chi connectivity index (χ2v) is 8.94. The van der Waals surface area contributed by atoms with Crippen molar-refractivity contribution in [3.8, 4) is 11.5 Å². The number of primary amides is 1. The average Bonchev–Trinajstić information content (AvgIpc) is 2.71. The Labute approximate surface area is 184 Å². The number of anilines is 1. The van der Waals surface area contributed by atoms with Crippen LogP contribution in [-0.4, -0.2) is 69.9 Å². The number of nitrogen functional groups attached to an aromatic ring is 1. The summed E-state index contributed by atoms with van der Waals surface area (Å²) < 4.78 is 5.37. The third-order valence-electron chi connectivity index (χ3n) is 7.03. The second-order valence-electron chi connectivity index (χ2n) is 8.94. The first-order valence-corrected chi connectivity index (χ1v) is 10.2. The predicted octanol–water partition coefficient (Wildman–Crippen LogP) is 0.532. The van der Waals surface area contributed by atoms with Crippen molar-refractivity contribution in [2.75, 3.05) is 26.9 Å². The number of aromatic hydroxyl groups is 1. The molecule has 1 aromatic carbocycles. The van der Waals surface area contributed by atoms with Gasteiger partial charge in [-0.05, 0) is 32.9 Å². The summed E-state index contributed by atoms with van der Waals surface area (Å²) in [6, 6.07) is 0.629. The molecule has 0 radical (unpaired) electrons. The van der Waals surface area contributed by atoms with Crippen LogP contribution in [0.15, 0.2) is 28.7 Å². The molecule has 0 spiro atoms. The number of nitrogens with two attached hydrogens (primary N) is 2. The molecule has 4 rings (SSSR count). The molecule has 0 bridgehead atoms. The number of amides is 1. The lowest BCUT2D eigenvalue weighted by atomic mass is 9.59. The number of ether oxygens (including phenoxy) is 1. The summed E-state index contributed by atoms with van der Waals surface area (Å²) >= 11 is 0. The fraction of sp³-hybridized carbons (Fsp3) is 0.455. The number of phenolic OH excluding ortho intramolecular Hbond substituents is 1. The highest BCUT2D eigenvalue weighted by Crippen LogP contribution is 2.54. The van der Waals surface area contributed by atoms with Crippen molar-refractivity contribution in [3.63, 3.8) is 0 Å². The Bertz CT molecular complexity index is 1110. The molecule has 0 saturated carbocycles. The van der Waals surface area contributed by atoms with Crippen LogP contribution in [0.25, 0.3) is 0 Å². The smallest absolute Gasteiger partial charge is 0.248 e. The molecule has 0 unspecified atom stereocenters. The molecule has 0 aliphatic heterocycles. The van der Waals surface area contributed by atoms with Crippen molar-refractivity contribution < 1.29 is 34.8 Å². The Kier molecular flexibility index (Phi) is 4.90. The van der Waals surface area contributed by atoms with Gasteiger partial charge in [0.1, 0.15) is 28.6 Å². The lowest BCUT2D eigenvalue weighted by molar-refractivity contribution is -0.118. The van der Waals surface area contributed by atoms with E-state index < -0.39 is 53.1 Å². The third-order valence-corrected chi connectivity index (χ3v) is 7.03. The Balaban J connectivity index is 1.94. The number of carbonyl (C=O) groups excluding carboxylic acids is 2. The van der Waals surface area contributed by atoms with Gasteiger partial charge < -0.3 is 36.6 Å². The topological polar surface area (TPSA) is 180 Å². The van der Waals surface area contributed by atoms with Gasteiger partial charge in [-0.25, -0.2) is 0 Å². The molecule has 10 heteroatoms. The van der Waals surface area contributed by atoms with Crippen molar-refractivity contribution in [2.24, 2.45) is 17.6 Å². The number of fused-ring (bicyclic) bond motifs is 3. The third kappa shape index (κ3) is 2.79. The summed E-state index contributed by atoms with van der Waals surface area (Å²) in [6.45, 7) is 0. The monoisotopic (exact) mass is 445 g/mol. The van der Waals surface area contributed by atoms with Crippen LogP contribution in [0.4, 0.5) is 5.69 Å². The number of methoxy groups -OCH3 is 1. The van der Waals surface area contributed by atoms with Crippen molar-refractivity contribution >= 4 is 17.4 Å². The summed E-state index contributed by atoms with van der Waals surface area (Å²) in [7, 11) is 4.77. The maximum atomic E-state index is 13.5. The molecule has 1 amide bonds. The fourth-order valence-corrected chi connectivity index (χ4v) is 5.57. The minimum absolute atomic E-state index is 0.0399. The number of carbonyl (C=O) groups is 2. The molecule has 172 valence electrons. The molecular formula is C22H27N3O7. The van der Waals surface area contributed by atoms with E-state index >= 15 is 0 Å². The van der Waals surface area contributed by atoms with Gasteiger partial charge >= 0.3 is 0 Å². The predicted molar refractivity (Wildman–Crippen MR) is 114 cm³/mol. The van der Waals surface area contributed by atoms with E-state index in [2.05, 4.69) is 0 Å². The summed E-state index contributed by atoms with van der Waals surface area (Å²) in [6.07, 6.45) is 0.0449. The van der Waals surface area contributed by atoms with Crippen LogP contribution < -0.4 is 16.2 Å². The highest BCUT2D eigenvalue weighted by atomic mass is 16.5. The lowest BCUT2D eigenvalue weighted by Crippen LogP contribution is -2.59. The number of aliphatic hydroxyl groups excluding tert-OH is 2. The van der Waals surface area contributed by atoms with Gasteiger partial charge in [0.05, 0.1) is 30.0 Å². The number of rotatable bonds is 3. The van der Waals surface area contributed by atoms with Gasteiger partial charge in [-0.15, -0.1) is 0 Å². The van der Waals surface area contributed by atoms with Crippen molar-refractivity contribution in [1.82, 2.24) is 4.90 Å². The molecule has 1 aromatic rings. The SMILES string of the molecule is COc1cc(N)c(O)c2c1C[C@H]1C[C@H]3[C@H](N(C)C)C(O)=C(C(N)=O)C[C@@]3(O)C(O)=C1C2=O. The molecule has 32 heavy (non-hydrogen) atoms. The Morgan fingerprint density at radius 1 is 1.28 bits per heavy atom. The minimum Gasteiger partial charge on any atom is -0.510 e.